The number of nitrogens with zero attached hydrogens (tertiary/aromatic N) is 3. The minimum Gasteiger partial charge on any atom is -0.351 e. The molecule has 2 atom stereocenters. The van der Waals surface area contributed by atoms with Gasteiger partial charge in [-0.25, -0.2) is 12.8 Å². The van der Waals surface area contributed by atoms with Gasteiger partial charge in [-0.15, -0.1) is 10.2 Å². The smallest absolute Gasteiger partial charge is 0.233 e. The molecule has 0 radical (unpaired) electrons. The Kier molecular flexibility index (Phi) is 6.61. The lowest BCUT2D eigenvalue weighted by molar-refractivity contribution is -0.120. The van der Waals surface area contributed by atoms with Crippen LogP contribution in [0.1, 0.15) is 18.9 Å². The van der Waals surface area contributed by atoms with Crippen LogP contribution in [0.25, 0.3) is 11.4 Å². The first-order valence-electron chi connectivity index (χ1n) is 10.2. The second-order valence-electron chi connectivity index (χ2n) is 7.73. The molecule has 1 aromatic heterocycles. The van der Waals surface area contributed by atoms with Crippen molar-refractivity contribution in [3.05, 3.63) is 66.0 Å². The molecule has 1 fully saturated rings. The van der Waals surface area contributed by atoms with Crippen molar-refractivity contribution >= 4 is 27.5 Å². The SMILES string of the molecule is CC(Sc1nnc(-c2ccccc2F)n1Cc1ccccc1)C(=O)NC1CCS(=O)(=O)C1. The molecule has 3 aromatic rings. The standard InChI is InChI=1S/C22H23FN4O3S2/c1-15(21(28)24-17-11-12-32(29,30)14-17)31-22-26-25-20(18-9-5-6-10-19(18)23)27(22)13-16-7-3-2-4-8-16/h2-10,15,17H,11-14H2,1H3,(H,24,28). The number of thioether (sulfide) groups is 1. The highest BCUT2D eigenvalue weighted by atomic mass is 32.2. The van der Waals surface area contributed by atoms with Gasteiger partial charge in [-0.1, -0.05) is 54.2 Å². The molecule has 1 aliphatic heterocycles. The normalized spacial score (nSPS) is 18.4. The Hall–Kier alpha value is -2.72. The van der Waals surface area contributed by atoms with Crippen LogP contribution in [-0.4, -0.2) is 51.9 Å². The van der Waals surface area contributed by atoms with E-state index in [1.54, 1.807) is 29.7 Å². The first-order valence-corrected chi connectivity index (χ1v) is 12.9. The fraction of sp³-hybridized carbons (Fsp3) is 0.318. The molecule has 0 saturated carbocycles. The zero-order chi connectivity index (χ0) is 22.7. The molecular formula is C22H23FN4O3S2. The van der Waals surface area contributed by atoms with Gasteiger partial charge in [0.25, 0.3) is 0 Å². The Balaban J connectivity index is 1.57. The highest BCUT2D eigenvalue weighted by molar-refractivity contribution is 8.00. The number of carbonyl (C=O) groups is 1. The van der Waals surface area contributed by atoms with Crippen LogP contribution in [0.4, 0.5) is 4.39 Å². The Bertz CT molecular complexity index is 1210. The highest BCUT2D eigenvalue weighted by Crippen LogP contribution is 2.29. The first kappa shape index (κ1) is 22.5. The van der Waals surface area contributed by atoms with E-state index in [0.29, 0.717) is 29.5 Å². The number of nitrogens with one attached hydrogen (secondary N) is 1. The molecular weight excluding hydrogens is 451 g/mol. The average Bonchev–Trinajstić information content (AvgIpc) is 3.31. The lowest BCUT2D eigenvalue weighted by Crippen LogP contribution is -2.40. The summed E-state index contributed by atoms with van der Waals surface area (Å²) in [6, 6.07) is 15.7. The van der Waals surface area contributed by atoms with Crippen molar-refractivity contribution in [1.82, 2.24) is 20.1 Å². The largest absolute Gasteiger partial charge is 0.351 e. The summed E-state index contributed by atoms with van der Waals surface area (Å²) in [7, 11) is -3.08. The molecule has 168 valence electrons. The maximum absolute atomic E-state index is 14.5. The van der Waals surface area contributed by atoms with E-state index < -0.39 is 20.9 Å². The van der Waals surface area contributed by atoms with Crippen molar-refractivity contribution in [3.63, 3.8) is 0 Å². The van der Waals surface area contributed by atoms with Crippen molar-refractivity contribution in [1.29, 1.82) is 0 Å². The summed E-state index contributed by atoms with van der Waals surface area (Å²) in [5, 5.41) is 11.2. The van der Waals surface area contributed by atoms with Crippen molar-refractivity contribution < 1.29 is 17.6 Å². The number of rotatable bonds is 7. The minimum absolute atomic E-state index is 0.0300. The molecule has 1 amide bonds. The number of aromatic nitrogens is 3. The van der Waals surface area contributed by atoms with E-state index in [1.807, 2.05) is 30.3 Å². The second kappa shape index (κ2) is 9.41. The van der Waals surface area contributed by atoms with Crippen LogP contribution in [-0.2, 0) is 21.2 Å². The molecule has 0 bridgehead atoms. The van der Waals surface area contributed by atoms with E-state index in [0.717, 1.165) is 5.56 Å². The van der Waals surface area contributed by atoms with Crippen molar-refractivity contribution in [2.24, 2.45) is 0 Å². The zero-order valence-corrected chi connectivity index (χ0v) is 19.1. The number of halogens is 1. The fourth-order valence-corrected chi connectivity index (χ4v) is 6.10. The molecule has 2 unspecified atom stereocenters. The topological polar surface area (TPSA) is 93.9 Å². The minimum atomic E-state index is -3.08. The zero-order valence-electron chi connectivity index (χ0n) is 17.4. The molecule has 32 heavy (non-hydrogen) atoms. The molecule has 2 heterocycles. The van der Waals surface area contributed by atoms with Gasteiger partial charge < -0.3 is 5.32 Å². The molecule has 0 spiro atoms. The number of hydrogen-bond acceptors (Lipinski definition) is 6. The van der Waals surface area contributed by atoms with Crippen LogP contribution in [0, 0.1) is 5.82 Å². The van der Waals surface area contributed by atoms with Crippen LogP contribution in [0.3, 0.4) is 0 Å². The predicted octanol–water partition coefficient (Wildman–Crippen LogP) is 2.92. The van der Waals surface area contributed by atoms with E-state index in [1.165, 1.54) is 17.8 Å². The van der Waals surface area contributed by atoms with Gasteiger partial charge in [0.05, 0.1) is 28.9 Å². The number of carbonyl (C=O) groups excluding carboxylic acids is 1. The highest BCUT2D eigenvalue weighted by Gasteiger charge is 2.30. The second-order valence-corrected chi connectivity index (χ2v) is 11.3. The predicted molar refractivity (Wildman–Crippen MR) is 121 cm³/mol. The van der Waals surface area contributed by atoms with Crippen LogP contribution in [0.2, 0.25) is 0 Å². The van der Waals surface area contributed by atoms with E-state index in [9.17, 15) is 17.6 Å². The summed E-state index contributed by atoms with van der Waals surface area (Å²) in [6.45, 7) is 2.14. The molecule has 4 rings (SSSR count). The Morgan fingerprint density at radius 3 is 2.59 bits per heavy atom. The third-order valence-corrected chi connectivity index (χ3v) is 8.09. The lowest BCUT2D eigenvalue weighted by atomic mass is 10.2. The van der Waals surface area contributed by atoms with Gasteiger partial charge >= 0.3 is 0 Å². The Morgan fingerprint density at radius 2 is 1.91 bits per heavy atom. The van der Waals surface area contributed by atoms with Gasteiger partial charge in [0.15, 0.2) is 20.8 Å². The summed E-state index contributed by atoms with van der Waals surface area (Å²) in [6.07, 6.45) is 0.424. The van der Waals surface area contributed by atoms with Crippen LogP contribution in [0.5, 0.6) is 0 Å². The maximum atomic E-state index is 14.5. The number of amides is 1. The Morgan fingerprint density at radius 1 is 1.19 bits per heavy atom. The average molecular weight is 475 g/mol. The van der Waals surface area contributed by atoms with Crippen LogP contribution in [0.15, 0.2) is 59.8 Å². The maximum Gasteiger partial charge on any atom is 0.233 e. The fourth-order valence-electron chi connectivity index (χ4n) is 3.57. The molecule has 1 saturated heterocycles. The van der Waals surface area contributed by atoms with Crippen molar-refractivity contribution in [2.75, 3.05) is 11.5 Å². The Labute approximate surface area is 190 Å². The number of benzene rings is 2. The molecule has 7 nitrogen and oxygen atoms in total. The van der Waals surface area contributed by atoms with Crippen molar-refractivity contribution in [3.8, 4) is 11.4 Å². The van der Waals surface area contributed by atoms with Gasteiger partial charge in [-0.3, -0.25) is 9.36 Å². The summed E-state index contributed by atoms with van der Waals surface area (Å²) < 4.78 is 39.6. The van der Waals surface area contributed by atoms with Crippen LogP contribution >= 0.6 is 11.8 Å². The molecule has 10 heteroatoms. The molecule has 2 aromatic carbocycles. The summed E-state index contributed by atoms with van der Waals surface area (Å²) in [4.78, 5) is 12.7. The van der Waals surface area contributed by atoms with E-state index >= 15 is 0 Å². The third-order valence-electron chi connectivity index (χ3n) is 5.25. The third kappa shape index (κ3) is 5.18. The summed E-state index contributed by atoms with van der Waals surface area (Å²) in [5.74, 6) is -0.226. The van der Waals surface area contributed by atoms with E-state index in [4.69, 9.17) is 0 Å². The quantitative estimate of drug-likeness (QED) is 0.529. The molecule has 1 N–H and O–H groups in total. The summed E-state index contributed by atoms with van der Waals surface area (Å²) in [5.41, 5.74) is 1.32. The monoisotopic (exact) mass is 474 g/mol. The first-order chi connectivity index (χ1) is 15.3. The van der Waals surface area contributed by atoms with Gasteiger partial charge in [-0.2, -0.15) is 0 Å². The van der Waals surface area contributed by atoms with Gasteiger partial charge in [0.1, 0.15) is 5.82 Å². The van der Waals surface area contributed by atoms with Gasteiger partial charge in [0, 0.05) is 6.04 Å². The van der Waals surface area contributed by atoms with Gasteiger partial charge in [0.2, 0.25) is 5.91 Å². The van der Waals surface area contributed by atoms with Crippen LogP contribution < -0.4 is 5.32 Å². The number of sulfone groups is 1. The van der Waals surface area contributed by atoms with Gasteiger partial charge in [-0.05, 0) is 31.0 Å². The van der Waals surface area contributed by atoms with E-state index in [2.05, 4.69) is 15.5 Å². The summed E-state index contributed by atoms with van der Waals surface area (Å²) >= 11 is 1.21. The number of hydrogen-bond donors (Lipinski definition) is 1. The lowest BCUT2D eigenvalue weighted by Gasteiger charge is -2.16. The molecule has 0 aliphatic carbocycles. The van der Waals surface area contributed by atoms with E-state index in [-0.39, 0.29) is 23.5 Å². The molecule has 1 aliphatic rings. The van der Waals surface area contributed by atoms with Crippen molar-refractivity contribution in [2.45, 2.75) is 36.3 Å².